The van der Waals surface area contributed by atoms with Crippen molar-refractivity contribution < 1.29 is 0 Å². The first-order valence-corrected chi connectivity index (χ1v) is 7.06. The Morgan fingerprint density at radius 1 is 1.06 bits per heavy atom. The van der Waals surface area contributed by atoms with E-state index < -0.39 is 0 Å². The molecule has 0 bridgehead atoms. The van der Waals surface area contributed by atoms with Crippen molar-refractivity contribution in [3.63, 3.8) is 0 Å². The molecular formula is C14H28N2. The predicted molar refractivity (Wildman–Crippen MR) is 69.6 cm³/mol. The van der Waals surface area contributed by atoms with Crippen LogP contribution in [-0.2, 0) is 0 Å². The van der Waals surface area contributed by atoms with Crippen LogP contribution in [0.2, 0.25) is 0 Å². The Morgan fingerprint density at radius 3 is 2.50 bits per heavy atom. The summed E-state index contributed by atoms with van der Waals surface area (Å²) in [6.45, 7) is 13.4. The highest BCUT2D eigenvalue weighted by Crippen LogP contribution is 2.31. The highest BCUT2D eigenvalue weighted by molar-refractivity contribution is 4.91. The Bertz CT molecular complexity index is 229. The van der Waals surface area contributed by atoms with Gasteiger partial charge in [-0.05, 0) is 44.1 Å². The molecule has 0 aromatic rings. The number of piperidine rings is 2. The zero-order valence-electron chi connectivity index (χ0n) is 11.4. The number of hydrogen-bond acceptors (Lipinski definition) is 2. The van der Waals surface area contributed by atoms with Crippen LogP contribution in [0.4, 0.5) is 0 Å². The first-order valence-electron chi connectivity index (χ1n) is 7.06. The van der Waals surface area contributed by atoms with Crippen LogP contribution in [0.15, 0.2) is 0 Å². The number of hydrogen-bond donors (Lipinski definition) is 1. The van der Waals surface area contributed by atoms with Gasteiger partial charge >= 0.3 is 0 Å². The third kappa shape index (κ3) is 2.43. The van der Waals surface area contributed by atoms with E-state index in [2.05, 4.69) is 37.9 Å². The van der Waals surface area contributed by atoms with Gasteiger partial charge in [0.15, 0.2) is 0 Å². The minimum absolute atomic E-state index is 0.767. The molecule has 0 aromatic heterocycles. The number of rotatable bonds is 1. The van der Waals surface area contributed by atoms with E-state index in [4.69, 9.17) is 0 Å². The van der Waals surface area contributed by atoms with E-state index >= 15 is 0 Å². The quantitative estimate of drug-likeness (QED) is 0.735. The molecule has 5 atom stereocenters. The van der Waals surface area contributed by atoms with Crippen molar-refractivity contribution in [1.29, 1.82) is 0 Å². The first-order chi connectivity index (χ1) is 7.59. The Hall–Kier alpha value is -0.0800. The van der Waals surface area contributed by atoms with Crippen molar-refractivity contribution in [3.05, 3.63) is 0 Å². The monoisotopic (exact) mass is 224 g/mol. The summed E-state index contributed by atoms with van der Waals surface area (Å²) in [7, 11) is 0. The van der Waals surface area contributed by atoms with Crippen LogP contribution in [0.25, 0.3) is 0 Å². The highest BCUT2D eigenvalue weighted by atomic mass is 15.2. The van der Waals surface area contributed by atoms with Crippen LogP contribution in [0.5, 0.6) is 0 Å². The van der Waals surface area contributed by atoms with Crippen molar-refractivity contribution in [2.75, 3.05) is 19.6 Å². The van der Waals surface area contributed by atoms with Gasteiger partial charge in [0, 0.05) is 25.2 Å². The lowest BCUT2D eigenvalue weighted by molar-refractivity contribution is 0.0108. The third-order valence-electron chi connectivity index (χ3n) is 4.86. The van der Waals surface area contributed by atoms with E-state index in [-0.39, 0.29) is 0 Å². The molecule has 2 aliphatic rings. The van der Waals surface area contributed by atoms with E-state index in [0.717, 1.165) is 29.8 Å². The van der Waals surface area contributed by atoms with E-state index in [0.29, 0.717) is 0 Å². The Balaban J connectivity index is 2.05. The summed E-state index contributed by atoms with van der Waals surface area (Å²) < 4.78 is 0. The number of nitrogens with zero attached hydrogens (tertiary/aromatic N) is 1. The Labute approximate surface area is 101 Å². The molecule has 2 rings (SSSR count). The maximum atomic E-state index is 3.57. The molecule has 94 valence electrons. The van der Waals surface area contributed by atoms with Crippen LogP contribution in [0.1, 0.15) is 40.5 Å². The molecule has 5 unspecified atom stereocenters. The molecule has 2 heterocycles. The fourth-order valence-corrected chi connectivity index (χ4v) is 3.61. The zero-order chi connectivity index (χ0) is 11.7. The lowest BCUT2D eigenvalue weighted by Crippen LogP contribution is -2.58. The van der Waals surface area contributed by atoms with Gasteiger partial charge in [-0.2, -0.15) is 0 Å². The molecule has 2 saturated heterocycles. The molecule has 16 heavy (non-hydrogen) atoms. The molecule has 2 nitrogen and oxygen atoms in total. The Morgan fingerprint density at radius 2 is 1.81 bits per heavy atom. The summed E-state index contributed by atoms with van der Waals surface area (Å²) in [5.74, 6) is 2.60. The van der Waals surface area contributed by atoms with Gasteiger partial charge < -0.3 is 5.32 Å². The van der Waals surface area contributed by atoms with Crippen molar-refractivity contribution in [3.8, 4) is 0 Å². The standard InChI is InChI=1S/C14H28N2/c1-10-7-12(3)13(4)16(9-10)14-8-15-6-5-11(14)2/h10-15H,5-9H2,1-4H3. The molecule has 2 aliphatic heterocycles. The van der Waals surface area contributed by atoms with Gasteiger partial charge in [0.2, 0.25) is 0 Å². The summed E-state index contributed by atoms with van der Waals surface area (Å²) >= 11 is 0. The van der Waals surface area contributed by atoms with Gasteiger partial charge in [-0.15, -0.1) is 0 Å². The van der Waals surface area contributed by atoms with Gasteiger partial charge in [-0.25, -0.2) is 0 Å². The minimum atomic E-state index is 0.767. The van der Waals surface area contributed by atoms with Gasteiger partial charge in [0.05, 0.1) is 0 Å². The van der Waals surface area contributed by atoms with E-state index in [1.165, 1.54) is 32.5 Å². The average molecular weight is 224 g/mol. The molecule has 1 N–H and O–H groups in total. The summed E-state index contributed by atoms with van der Waals surface area (Å²) in [6.07, 6.45) is 2.75. The van der Waals surface area contributed by atoms with Crippen LogP contribution < -0.4 is 5.32 Å². The molecule has 2 fully saturated rings. The summed E-state index contributed by atoms with van der Waals surface area (Å²) in [4.78, 5) is 2.79. The smallest absolute Gasteiger partial charge is 0.0249 e. The largest absolute Gasteiger partial charge is 0.315 e. The van der Waals surface area contributed by atoms with Gasteiger partial charge in [0.1, 0.15) is 0 Å². The third-order valence-corrected chi connectivity index (χ3v) is 4.86. The summed E-state index contributed by atoms with van der Waals surface area (Å²) in [5, 5.41) is 3.57. The molecule has 0 amide bonds. The van der Waals surface area contributed by atoms with Crippen LogP contribution in [-0.4, -0.2) is 36.6 Å². The van der Waals surface area contributed by atoms with Crippen LogP contribution in [0.3, 0.4) is 0 Å². The second kappa shape index (κ2) is 5.05. The predicted octanol–water partition coefficient (Wildman–Crippen LogP) is 2.35. The molecule has 0 saturated carbocycles. The van der Waals surface area contributed by atoms with Gasteiger partial charge in [0.25, 0.3) is 0 Å². The molecular weight excluding hydrogens is 196 g/mol. The lowest BCUT2D eigenvalue weighted by Gasteiger charge is -2.48. The normalized spacial score (nSPS) is 46.9. The summed E-state index contributed by atoms with van der Waals surface area (Å²) in [5.41, 5.74) is 0. The molecule has 0 spiro atoms. The maximum Gasteiger partial charge on any atom is 0.0249 e. The molecule has 2 heteroatoms. The van der Waals surface area contributed by atoms with Crippen molar-refractivity contribution in [2.24, 2.45) is 17.8 Å². The van der Waals surface area contributed by atoms with Crippen molar-refractivity contribution >= 4 is 0 Å². The van der Waals surface area contributed by atoms with Gasteiger partial charge in [-0.3, -0.25) is 4.90 Å². The van der Waals surface area contributed by atoms with Gasteiger partial charge in [-0.1, -0.05) is 20.8 Å². The van der Waals surface area contributed by atoms with Crippen LogP contribution >= 0.6 is 0 Å². The van der Waals surface area contributed by atoms with Crippen molar-refractivity contribution in [1.82, 2.24) is 10.2 Å². The zero-order valence-corrected chi connectivity index (χ0v) is 11.4. The fourth-order valence-electron chi connectivity index (χ4n) is 3.61. The van der Waals surface area contributed by atoms with E-state index in [1.807, 2.05) is 0 Å². The molecule has 0 radical (unpaired) electrons. The summed E-state index contributed by atoms with van der Waals surface area (Å²) in [6, 6.07) is 1.54. The minimum Gasteiger partial charge on any atom is -0.315 e. The SMILES string of the molecule is CC1CC(C)C(C)N(C2CNCCC2C)C1. The van der Waals surface area contributed by atoms with Crippen molar-refractivity contribution in [2.45, 2.75) is 52.6 Å². The fraction of sp³-hybridized carbons (Fsp3) is 1.00. The second-order valence-corrected chi connectivity index (χ2v) is 6.29. The molecule has 0 aliphatic carbocycles. The molecule has 0 aromatic carbocycles. The topological polar surface area (TPSA) is 15.3 Å². The lowest BCUT2D eigenvalue weighted by atomic mass is 9.82. The van der Waals surface area contributed by atoms with Crippen LogP contribution in [0, 0.1) is 17.8 Å². The number of nitrogens with one attached hydrogen (secondary N) is 1. The maximum absolute atomic E-state index is 3.57. The Kier molecular flexibility index (Phi) is 3.91. The number of likely N-dealkylation sites (tertiary alicyclic amines) is 1. The van der Waals surface area contributed by atoms with E-state index in [9.17, 15) is 0 Å². The first kappa shape index (κ1) is 12.4. The second-order valence-electron chi connectivity index (χ2n) is 6.29. The highest BCUT2D eigenvalue weighted by Gasteiger charge is 2.36. The van der Waals surface area contributed by atoms with E-state index in [1.54, 1.807) is 0 Å². The average Bonchev–Trinajstić information content (AvgIpc) is 2.24.